The number of carboxylic acids is 1. The Balaban J connectivity index is 2.20. The van der Waals surface area contributed by atoms with Crippen LogP contribution in [0.5, 0.6) is 0 Å². The molecule has 0 unspecified atom stereocenters. The van der Waals surface area contributed by atoms with Crippen molar-refractivity contribution in [2.45, 2.75) is 26.1 Å². The highest BCUT2D eigenvalue weighted by atomic mass is 19.1. The number of aromatic carboxylic acids is 1. The highest BCUT2D eigenvalue weighted by Gasteiger charge is 2.17. The van der Waals surface area contributed by atoms with Crippen molar-refractivity contribution < 1.29 is 14.3 Å². The summed E-state index contributed by atoms with van der Waals surface area (Å²) in [5.74, 6) is -0.977. The molecule has 0 aliphatic heterocycles. The number of halogens is 1. The van der Waals surface area contributed by atoms with Gasteiger partial charge in [-0.15, -0.1) is 5.10 Å². The van der Waals surface area contributed by atoms with E-state index in [0.717, 1.165) is 5.56 Å². The molecule has 1 N–H and O–H groups in total. The number of carboxylic acid groups (broad SMARTS) is 1. The molecule has 2 aromatic rings. The summed E-state index contributed by atoms with van der Waals surface area (Å²) in [5, 5.41) is 16.6. The highest BCUT2D eigenvalue weighted by molar-refractivity contribution is 5.88. The van der Waals surface area contributed by atoms with Gasteiger partial charge in [0.25, 0.3) is 0 Å². The maximum absolute atomic E-state index is 13.5. The Labute approximate surface area is 109 Å². The molecule has 1 aromatic carbocycles. The normalized spacial score (nSPS) is 11.5. The van der Waals surface area contributed by atoms with E-state index in [9.17, 15) is 9.18 Å². The number of aromatic nitrogens is 3. The quantitative estimate of drug-likeness (QED) is 0.919. The number of nitrogens with zero attached hydrogens (tertiary/aromatic N) is 3. The van der Waals surface area contributed by atoms with Crippen LogP contribution in [0.1, 0.15) is 24.2 Å². The minimum atomic E-state index is -1.36. The molecule has 19 heavy (non-hydrogen) atoms. The average Bonchev–Trinajstić information content (AvgIpc) is 2.75. The first-order valence-corrected chi connectivity index (χ1v) is 5.78. The standard InChI is InChI=1S/C13H14FN3O2/c1-13(2,14)8-17-7-11(15-16-17)9-3-5-10(6-4-9)12(18)19/h3-7H,8H2,1-2H3,(H,18,19). The molecular formula is C13H14FN3O2. The first kappa shape index (κ1) is 13.2. The van der Waals surface area contributed by atoms with Crippen LogP contribution in [0.25, 0.3) is 11.3 Å². The van der Waals surface area contributed by atoms with Crippen molar-refractivity contribution in [3.63, 3.8) is 0 Å². The van der Waals surface area contributed by atoms with E-state index < -0.39 is 11.6 Å². The number of rotatable bonds is 4. The van der Waals surface area contributed by atoms with Crippen molar-refractivity contribution in [3.05, 3.63) is 36.0 Å². The Morgan fingerprint density at radius 2 is 2.00 bits per heavy atom. The minimum Gasteiger partial charge on any atom is -0.478 e. The summed E-state index contributed by atoms with van der Waals surface area (Å²) in [6, 6.07) is 6.29. The van der Waals surface area contributed by atoms with Gasteiger partial charge in [0, 0.05) is 5.56 Å². The second-order valence-corrected chi connectivity index (χ2v) is 4.90. The average molecular weight is 263 g/mol. The molecule has 1 heterocycles. The van der Waals surface area contributed by atoms with Gasteiger partial charge in [-0.3, -0.25) is 0 Å². The fourth-order valence-electron chi connectivity index (χ4n) is 1.68. The molecular weight excluding hydrogens is 249 g/mol. The Kier molecular flexibility index (Phi) is 3.33. The van der Waals surface area contributed by atoms with Crippen LogP contribution in [-0.4, -0.2) is 31.7 Å². The maximum atomic E-state index is 13.5. The molecule has 6 heteroatoms. The zero-order chi connectivity index (χ0) is 14.0. The van der Waals surface area contributed by atoms with E-state index in [1.165, 1.54) is 30.7 Å². The molecule has 0 saturated carbocycles. The van der Waals surface area contributed by atoms with Gasteiger partial charge in [-0.25, -0.2) is 13.9 Å². The van der Waals surface area contributed by atoms with Crippen LogP contribution in [0.3, 0.4) is 0 Å². The molecule has 0 bridgehead atoms. The van der Waals surface area contributed by atoms with Gasteiger partial charge < -0.3 is 5.11 Å². The Morgan fingerprint density at radius 3 is 2.53 bits per heavy atom. The lowest BCUT2D eigenvalue weighted by Crippen LogP contribution is -2.21. The fraction of sp³-hybridized carbons (Fsp3) is 0.308. The van der Waals surface area contributed by atoms with Crippen LogP contribution in [0.15, 0.2) is 30.5 Å². The molecule has 0 saturated heterocycles. The van der Waals surface area contributed by atoms with Crippen molar-refractivity contribution in [1.82, 2.24) is 15.0 Å². The van der Waals surface area contributed by atoms with Gasteiger partial charge >= 0.3 is 5.97 Å². The zero-order valence-electron chi connectivity index (χ0n) is 10.7. The van der Waals surface area contributed by atoms with Crippen LogP contribution in [0.4, 0.5) is 4.39 Å². The largest absolute Gasteiger partial charge is 0.478 e. The third-order valence-corrected chi connectivity index (χ3v) is 2.50. The minimum absolute atomic E-state index is 0.118. The molecule has 2 rings (SSSR count). The third kappa shape index (κ3) is 3.37. The van der Waals surface area contributed by atoms with Crippen molar-refractivity contribution in [2.24, 2.45) is 0 Å². The molecule has 0 aliphatic carbocycles. The molecule has 100 valence electrons. The summed E-state index contributed by atoms with van der Waals surface area (Å²) in [6.45, 7) is 3.05. The molecule has 0 fully saturated rings. The van der Waals surface area contributed by atoms with E-state index in [0.29, 0.717) is 5.69 Å². The van der Waals surface area contributed by atoms with Crippen LogP contribution >= 0.6 is 0 Å². The van der Waals surface area contributed by atoms with Crippen LogP contribution in [-0.2, 0) is 6.54 Å². The summed E-state index contributed by atoms with van der Waals surface area (Å²) < 4.78 is 14.9. The molecule has 1 aromatic heterocycles. The summed E-state index contributed by atoms with van der Waals surface area (Å²) in [4.78, 5) is 10.7. The smallest absolute Gasteiger partial charge is 0.335 e. The lowest BCUT2D eigenvalue weighted by Gasteiger charge is -2.12. The van der Waals surface area contributed by atoms with Crippen LogP contribution in [0, 0.1) is 0 Å². The fourth-order valence-corrected chi connectivity index (χ4v) is 1.68. The SMILES string of the molecule is CC(C)(F)Cn1cc(-c2ccc(C(=O)O)cc2)nn1. The first-order chi connectivity index (χ1) is 8.85. The lowest BCUT2D eigenvalue weighted by atomic mass is 10.1. The van der Waals surface area contributed by atoms with E-state index in [4.69, 9.17) is 5.11 Å². The van der Waals surface area contributed by atoms with E-state index >= 15 is 0 Å². The lowest BCUT2D eigenvalue weighted by molar-refractivity contribution is 0.0697. The van der Waals surface area contributed by atoms with E-state index in [-0.39, 0.29) is 12.1 Å². The van der Waals surface area contributed by atoms with Gasteiger partial charge in [0.05, 0.1) is 18.3 Å². The first-order valence-electron chi connectivity index (χ1n) is 5.78. The summed E-state index contributed by atoms with van der Waals surface area (Å²) >= 11 is 0. The second kappa shape index (κ2) is 4.79. The van der Waals surface area contributed by atoms with Crippen molar-refractivity contribution >= 4 is 5.97 Å². The van der Waals surface area contributed by atoms with E-state index in [2.05, 4.69) is 10.3 Å². The molecule has 0 atom stereocenters. The zero-order valence-corrected chi connectivity index (χ0v) is 10.7. The third-order valence-electron chi connectivity index (χ3n) is 2.50. The molecule has 5 nitrogen and oxygen atoms in total. The molecule has 0 spiro atoms. The molecule has 0 radical (unpaired) electrons. The number of hydrogen-bond acceptors (Lipinski definition) is 3. The topological polar surface area (TPSA) is 68.0 Å². The summed E-state index contributed by atoms with van der Waals surface area (Å²) in [6.07, 6.45) is 1.64. The van der Waals surface area contributed by atoms with Crippen molar-refractivity contribution in [2.75, 3.05) is 0 Å². The Bertz CT molecular complexity index is 585. The Hall–Kier alpha value is -2.24. The molecule has 0 amide bonds. The van der Waals surface area contributed by atoms with Gasteiger partial charge in [-0.1, -0.05) is 17.3 Å². The van der Waals surface area contributed by atoms with E-state index in [1.54, 1.807) is 18.3 Å². The predicted octanol–water partition coefficient (Wildman–Crippen LogP) is 2.39. The number of alkyl halides is 1. The second-order valence-electron chi connectivity index (χ2n) is 4.90. The number of hydrogen-bond donors (Lipinski definition) is 1. The van der Waals surface area contributed by atoms with Gasteiger partial charge in [0.15, 0.2) is 0 Å². The highest BCUT2D eigenvalue weighted by Crippen LogP contribution is 2.18. The van der Waals surface area contributed by atoms with Crippen LogP contribution in [0.2, 0.25) is 0 Å². The summed E-state index contributed by atoms with van der Waals surface area (Å²) in [7, 11) is 0. The number of benzene rings is 1. The summed E-state index contributed by atoms with van der Waals surface area (Å²) in [5.41, 5.74) is 0.174. The van der Waals surface area contributed by atoms with Gasteiger partial charge in [0.1, 0.15) is 11.4 Å². The monoisotopic (exact) mass is 263 g/mol. The van der Waals surface area contributed by atoms with Crippen molar-refractivity contribution in [3.8, 4) is 11.3 Å². The maximum Gasteiger partial charge on any atom is 0.335 e. The van der Waals surface area contributed by atoms with Gasteiger partial charge in [-0.05, 0) is 26.0 Å². The predicted molar refractivity (Wildman–Crippen MR) is 67.6 cm³/mol. The van der Waals surface area contributed by atoms with Gasteiger partial charge in [-0.2, -0.15) is 0 Å². The van der Waals surface area contributed by atoms with Gasteiger partial charge in [0.2, 0.25) is 0 Å². The van der Waals surface area contributed by atoms with Crippen molar-refractivity contribution in [1.29, 1.82) is 0 Å². The Morgan fingerprint density at radius 1 is 1.37 bits per heavy atom. The van der Waals surface area contributed by atoms with Crippen LogP contribution < -0.4 is 0 Å². The molecule has 0 aliphatic rings. The number of carbonyl (C=O) groups is 1. The van der Waals surface area contributed by atoms with E-state index in [1.807, 2.05) is 0 Å².